The average Bonchev–Trinajstić information content (AvgIpc) is 2.93. The Kier molecular flexibility index (Phi) is 7.93. The Hall–Kier alpha value is -3.97. The van der Waals surface area contributed by atoms with Crippen molar-refractivity contribution in [1.82, 2.24) is 0 Å². The lowest BCUT2D eigenvalue weighted by molar-refractivity contribution is 0.462. The Morgan fingerprint density at radius 1 is 0.487 bits per heavy atom. The molecule has 0 aliphatic rings. The second-order valence-electron chi connectivity index (χ2n) is 9.46. The van der Waals surface area contributed by atoms with E-state index in [9.17, 15) is 28.8 Å². The number of aromatic hydroxyl groups is 4. The summed E-state index contributed by atoms with van der Waals surface area (Å²) >= 11 is 0. The molecule has 0 heterocycles. The van der Waals surface area contributed by atoms with Gasteiger partial charge in [0.15, 0.2) is 0 Å². The number of hydrogen-bond donors (Lipinski definition) is 4. The third-order valence-electron chi connectivity index (χ3n) is 7.31. The molecule has 39 heavy (non-hydrogen) atoms. The van der Waals surface area contributed by atoms with Gasteiger partial charge in [-0.25, -0.2) is 8.42 Å². The number of sulfone groups is 1. The molecule has 0 saturated heterocycles. The minimum atomic E-state index is -3.95. The van der Waals surface area contributed by atoms with Gasteiger partial charge in [0.05, 0.1) is 9.79 Å². The predicted molar refractivity (Wildman–Crippen MR) is 153 cm³/mol. The van der Waals surface area contributed by atoms with E-state index in [4.69, 9.17) is 0 Å². The maximum absolute atomic E-state index is 14.3. The number of phenolic OH excluding ortho intramolecular Hbond substituents is 4. The Labute approximate surface area is 229 Å². The average molecular weight is 547 g/mol. The van der Waals surface area contributed by atoms with Crippen LogP contribution in [0.1, 0.15) is 49.9 Å². The molecule has 0 aliphatic carbocycles. The van der Waals surface area contributed by atoms with Gasteiger partial charge in [0.2, 0.25) is 9.84 Å². The van der Waals surface area contributed by atoms with Gasteiger partial charge in [0, 0.05) is 11.1 Å². The van der Waals surface area contributed by atoms with Gasteiger partial charge in [-0.1, -0.05) is 39.8 Å². The lowest BCUT2D eigenvalue weighted by atomic mass is 9.92. The van der Waals surface area contributed by atoms with Crippen molar-refractivity contribution < 1.29 is 28.8 Å². The normalized spacial score (nSPS) is 11.6. The van der Waals surface area contributed by atoms with Gasteiger partial charge in [-0.05, 0) is 108 Å². The maximum atomic E-state index is 14.3. The molecule has 0 fully saturated rings. The summed E-state index contributed by atoms with van der Waals surface area (Å²) in [6.07, 6.45) is 1.99. The van der Waals surface area contributed by atoms with Crippen molar-refractivity contribution in [3.63, 3.8) is 0 Å². The van der Waals surface area contributed by atoms with Crippen molar-refractivity contribution in [2.24, 2.45) is 0 Å². The van der Waals surface area contributed by atoms with Gasteiger partial charge in [0.1, 0.15) is 23.0 Å². The summed E-state index contributed by atoms with van der Waals surface area (Å²) in [7, 11) is -3.95. The highest BCUT2D eigenvalue weighted by Gasteiger charge is 2.28. The van der Waals surface area contributed by atoms with Crippen LogP contribution in [0.25, 0.3) is 22.3 Å². The van der Waals surface area contributed by atoms with E-state index in [1.807, 2.05) is 27.7 Å². The summed E-state index contributed by atoms with van der Waals surface area (Å²) in [5.74, 6) is 0.0351. The third kappa shape index (κ3) is 4.94. The van der Waals surface area contributed by atoms with Gasteiger partial charge in [-0.15, -0.1) is 0 Å². The summed E-state index contributed by atoms with van der Waals surface area (Å²) in [5, 5.41) is 41.1. The summed E-state index contributed by atoms with van der Waals surface area (Å²) in [5.41, 5.74) is 5.21. The molecule has 0 aliphatic heterocycles. The molecule has 0 bridgehead atoms. The van der Waals surface area contributed by atoms with Crippen LogP contribution >= 0.6 is 0 Å². The van der Waals surface area contributed by atoms with Crippen molar-refractivity contribution >= 4 is 9.84 Å². The molecular formula is C32H34O6S. The fraction of sp³-hybridized carbons (Fsp3) is 0.250. The molecule has 4 aromatic carbocycles. The van der Waals surface area contributed by atoms with Gasteiger partial charge in [-0.3, -0.25) is 0 Å². The molecular weight excluding hydrogens is 512 g/mol. The fourth-order valence-corrected chi connectivity index (χ4v) is 7.45. The molecule has 0 radical (unpaired) electrons. The van der Waals surface area contributed by atoms with Crippen molar-refractivity contribution in [2.75, 3.05) is 0 Å². The van der Waals surface area contributed by atoms with Crippen LogP contribution in [0, 0.1) is 0 Å². The summed E-state index contributed by atoms with van der Waals surface area (Å²) in [4.78, 5) is 0.435. The number of hydrogen-bond acceptors (Lipinski definition) is 6. The molecule has 7 heteroatoms. The molecule has 0 saturated carbocycles. The molecule has 0 aromatic heterocycles. The molecule has 4 aromatic rings. The Bertz CT molecular complexity index is 1540. The fourth-order valence-electron chi connectivity index (χ4n) is 5.53. The van der Waals surface area contributed by atoms with Crippen molar-refractivity contribution in [3.8, 4) is 45.3 Å². The van der Waals surface area contributed by atoms with Crippen LogP contribution in [0.3, 0.4) is 0 Å². The minimum absolute atomic E-state index is 0.00630. The minimum Gasteiger partial charge on any atom is -0.508 e. The van der Waals surface area contributed by atoms with Gasteiger partial charge in [-0.2, -0.15) is 0 Å². The van der Waals surface area contributed by atoms with Crippen LogP contribution in [0.4, 0.5) is 0 Å². The zero-order chi connectivity index (χ0) is 28.5. The topological polar surface area (TPSA) is 115 Å². The van der Waals surface area contributed by atoms with E-state index in [1.54, 1.807) is 24.3 Å². The number of benzene rings is 4. The first kappa shape index (κ1) is 28.0. The van der Waals surface area contributed by atoms with E-state index in [2.05, 4.69) is 0 Å². The number of phenols is 4. The van der Waals surface area contributed by atoms with Crippen molar-refractivity contribution in [1.29, 1.82) is 0 Å². The lowest BCUT2D eigenvalue weighted by Crippen LogP contribution is -2.12. The van der Waals surface area contributed by atoms with Gasteiger partial charge < -0.3 is 20.4 Å². The van der Waals surface area contributed by atoms with Crippen LogP contribution in [-0.4, -0.2) is 28.8 Å². The SMILES string of the molecule is CCc1c(-c2cc(O)ccc2O)ccc(S(=O)(=O)c2ccc(-c3cc(O)ccc3O)c(CC)c2CC)c1CC. The first-order chi connectivity index (χ1) is 18.6. The highest BCUT2D eigenvalue weighted by Crippen LogP contribution is 2.42. The van der Waals surface area contributed by atoms with Crippen LogP contribution in [-0.2, 0) is 35.5 Å². The van der Waals surface area contributed by atoms with Gasteiger partial charge in [0.25, 0.3) is 0 Å². The molecule has 0 amide bonds. The van der Waals surface area contributed by atoms with E-state index < -0.39 is 9.84 Å². The van der Waals surface area contributed by atoms with Crippen molar-refractivity contribution in [3.05, 3.63) is 82.9 Å². The molecule has 0 atom stereocenters. The lowest BCUT2D eigenvalue weighted by Gasteiger charge is -2.21. The van der Waals surface area contributed by atoms with E-state index in [-0.39, 0.29) is 32.8 Å². The largest absolute Gasteiger partial charge is 0.508 e. The van der Waals surface area contributed by atoms with Crippen LogP contribution in [0.15, 0.2) is 70.5 Å². The smallest absolute Gasteiger partial charge is 0.207 e. The van der Waals surface area contributed by atoms with E-state index in [1.165, 1.54) is 36.4 Å². The summed E-state index contributed by atoms with van der Waals surface area (Å²) in [6.45, 7) is 7.70. The van der Waals surface area contributed by atoms with Gasteiger partial charge >= 0.3 is 0 Å². The van der Waals surface area contributed by atoms with Crippen LogP contribution in [0.2, 0.25) is 0 Å². The highest BCUT2D eigenvalue weighted by molar-refractivity contribution is 7.91. The second kappa shape index (κ2) is 11.0. The monoisotopic (exact) mass is 546 g/mol. The Morgan fingerprint density at radius 3 is 1.18 bits per heavy atom. The first-order valence-electron chi connectivity index (χ1n) is 13.2. The van der Waals surface area contributed by atoms with E-state index in [0.717, 1.165) is 11.1 Å². The zero-order valence-corrected chi connectivity index (χ0v) is 23.4. The molecule has 6 nitrogen and oxygen atoms in total. The first-order valence-corrected chi connectivity index (χ1v) is 14.7. The molecule has 0 unspecified atom stereocenters. The Balaban J connectivity index is 1.96. The summed E-state index contributed by atoms with van der Waals surface area (Å²) < 4.78 is 28.6. The maximum Gasteiger partial charge on any atom is 0.207 e. The zero-order valence-electron chi connectivity index (χ0n) is 22.6. The molecule has 204 valence electrons. The second-order valence-corrected chi connectivity index (χ2v) is 11.3. The highest BCUT2D eigenvalue weighted by atomic mass is 32.2. The van der Waals surface area contributed by atoms with Crippen LogP contribution in [0.5, 0.6) is 23.0 Å². The number of rotatable bonds is 8. The molecule has 0 spiro atoms. The van der Waals surface area contributed by atoms with Crippen LogP contribution < -0.4 is 0 Å². The third-order valence-corrected chi connectivity index (χ3v) is 9.23. The standard InChI is InChI=1S/C32H34O6S/c1-5-21-23(7-3)31(15-11-25(21)27-17-19(33)9-13-29(27)35)39(37,38)32-16-12-26(22(6-2)24(32)8-4)28-18-20(34)10-14-30(28)36/h9-18,33-36H,5-8H2,1-4H3. The molecule has 4 N–H and O–H groups in total. The summed E-state index contributed by atoms with van der Waals surface area (Å²) in [6, 6.07) is 15.2. The predicted octanol–water partition coefficient (Wildman–Crippen LogP) is 6.93. The Morgan fingerprint density at radius 2 is 0.846 bits per heavy atom. The van der Waals surface area contributed by atoms with E-state index >= 15 is 0 Å². The van der Waals surface area contributed by atoms with Crippen molar-refractivity contribution in [2.45, 2.75) is 63.2 Å². The molecule has 4 rings (SSSR count). The van der Waals surface area contributed by atoms with E-state index in [0.29, 0.717) is 59.1 Å². The quantitative estimate of drug-likeness (QED) is 0.178.